The van der Waals surface area contributed by atoms with Gasteiger partial charge in [0.2, 0.25) is 0 Å². The van der Waals surface area contributed by atoms with Crippen molar-refractivity contribution in [2.24, 2.45) is 5.92 Å². The molecule has 1 aromatic carbocycles. The maximum atomic E-state index is 12.5. The molecular weight excluding hydrogens is 286 g/mol. The van der Waals surface area contributed by atoms with Gasteiger partial charge in [0.15, 0.2) is 5.75 Å². The molecule has 1 aromatic rings. The molecule has 1 aliphatic rings. The monoisotopic (exact) mass is 307 g/mol. The first-order chi connectivity index (χ1) is 10.6. The molecule has 1 atom stereocenters. The third-order valence-corrected chi connectivity index (χ3v) is 3.77. The summed E-state index contributed by atoms with van der Waals surface area (Å²) in [5.41, 5.74) is 0.166. The summed E-state index contributed by atoms with van der Waals surface area (Å²) in [6, 6.07) is 4.39. The Labute approximate surface area is 129 Å². The van der Waals surface area contributed by atoms with Gasteiger partial charge in [-0.2, -0.15) is 0 Å². The number of likely N-dealkylation sites (tertiary alicyclic amines) is 1. The number of amides is 1. The number of nitrogens with zero attached hydrogens (tertiary/aromatic N) is 2. The van der Waals surface area contributed by atoms with E-state index in [9.17, 15) is 14.9 Å². The molecule has 0 aromatic heterocycles. The average molecular weight is 307 g/mol. The lowest BCUT2D eigenvalue weighted by Crippen LogP contribution is -2.30. The molecule has 0 saturated carbocycles. The van der Waals surface area contributed by atoms with Crippen LogP contribution in [0.3, 0.4) is 0 Å². The lowest BCUT2D eigenvalue weighted by Gasteiger charge is -2.17. The van der Waals surface area contributed by atoms with E-state index in [0.717, 1.165) is 13.0 Å². The number of benzene rings is 1. The second-order valence-electron chi connectivity index (χ2n) is 5.34. The second kappa shape index (κ2) is 7.22. The van der Waals surface area contributed by atoms with Crippen LogP contribution in [0.4, 0.5) is 5.69 Å². The van der Waals surface area contributed by atoms with Crippen LogP contribution >= 0.6 is 0 Å². The van der Waals surface area contributed by atoms with Crippen LogP contribution in [-0.2, 0) is 0 Å². The Morgan fingerprint density at radius 1 is 1.55 bits per heavy atom. The third kappa shape index (κ3) is 3.54. The summed E-state index contributed by atoms with van der Waals surface area (Å²) in [6.07, 6.45) is 0.950. The van der Waals surface area contributed by atoms with E-state index in [2.05, 4.69) is 5.32 Å². The van der Waals surface area contributed by atoms with Gasteiger partial charge >= 0.3 is 5.69 Å². The highest BCUT2D eigenvalue weighted by Gasteiger charge is 2.28. The van der Waals surface area contributed by atoms with Crippen LogP contribution in [0.15, 0.2) is 18.2 Å². The molecule has 22 heavy (non-hydrogen) atoms. The van der Waals surface area contributed by atoms with Crippen LogP contribution in [0.5, 0.6) is 5.75 Å². The fourth-order valence-electron chi connectivity index (χ4n) is 2.73. The molecule has 0 radical (unpaired) electrons. The first-order valence-electron chi connectivity index (χ1n) is 7.42. The normalized spacial score (nSPS) is 17.5. The first-order valence-corrected chi connectivity index (χ1v) is 7.42. The van der Waals surface area contributed by atoms with Crippen molar-refractivity contribution in [2.45, 2.75) is 13.3 Å². The van der Waals surface area contributed by atoms with Crippen molar-refractivity contribution in [1.29, 1.82) is 0 Å². The molecule has 1 fully saturated rings. The maximum absolute atomic E-state index is 12.5. The highest BCUT2D eigenvalue weighted by molar-refractivity contribution is 5.95. The fraction of sp³-hybridized carbons (Fsp3) is 0.533. The molecule has 7 nitrogen and oxygen atoms in total. The SMILES string of the molecule is CCOc1ccc(C(=O)N2CCC(CNC)C2)cc1[N+](=O)[O-]. The van der Waals surface area contributed by atoms with Gasteiger partial charge in [-0.3, -0.25) is 14.9 Å². The fourth-order valence-corrected chi connectivity index (χ4v) is 2.73. The van der Waals surface area contributed by atoms with E-state index in [4.69, 9.17) is 4.74 Å². The molecule has 1 heterocycles. The van der Waals surface area contributed by atoms with Crippen molar-refractivity contribution >= 4 is 11.6 Å². The maximum Gasteiger partial charge on any atom is 0.311 e. The zero-order valence-corrected chi connectivity index (χ0v) is 12.9. The molecule has 1 unspecified atom stereocenters. The molecule has 0 spiro atoms. The predicted molar refractivity (Wildman–Crippen MR) is 82.2 cm³/mol. The van der Waals surface area contributed by atoms with Gasteiger partial charge in [0.05, 0.1) is 11.5 Å². The minimum Gasteiger partial charge on any atom is -0.487 e. The van der Waals surface area contributed by atoms with Crippen LogP contribution in [0, 0.1) is 16.0 Å². The molecule has 1 aliphatic heterocycles. The summed E-state index contributed by atoms with van der Waals surface area (Å²) in [7, 11) is 1.89. The van der Waals surface area contributed by atoms with E-state index >= 15 is 0 Å². The Hall–Kier alpha value is -2.15. The van der Waals surface area contributed by atoms with Gasteiger partial charge in [-0.25, -0.2) is 0 Å². The Kier molecular flexibility index (Phi) is 5.32. The van der Waals surface area contributed by atoms with Gasteiger partial charge < -0.3 is 15.0 Å². The summed E-state index contributed by atoms with van der Waals surface area (Å²) in [5, 5.41) is 14.2. The van der Waals surface area contributed by atoms with Gasteiger partial charge in [-0.1, -0.05) is 0 Å². The van der Waals surface area contributed by atoms with Crippen LogP contribution in [0.2, 0.25) is 0 Å². The Morgan fingerprint density at radius 3 is 2.95 bits per heavy atom. The number of ether oxygens (including phenoxy) is 1. The largest absolute Gasteiger partial charge is 0.487 e. The number of rotatable bonds is 6. The number of hydrogen-bond donors (Lipinski definition) is 1. The molecule has 1 N–H and O–H groups in total. The number of nitrogens with one attached hydrogen (secondary N) is 1. The van der Waals surface area contributed by atoms with Crippen molar-refractivity contribution in [3.05, 3.63) is 33.9 Å². The van der Waals surface area contributed by atoms with Gasteiger partial charge in [-0.05, 0) is 45.0 Å². The van der Waals surface area contributed by atoms with Crippen molar-refractivity contribution in [3.63, 3.8) is 0 Å². The van der Waals surface area contributed by atoms with Gasteiger partial charge in [0, 0.05) is 24.7 Å². The minimum absolute atomic E-state index is 0.162. The average Bonchev–Trinajstić information content (AvgIpc) is 2.96. The van der Waals surface area contributed by atoms with Crippen LogP contribution in [0.1, 0.15) is 23.7 Å². The van der Waals surface area contributed by atoms with E-state index in [0.29, 0.717) is 31.2 Å². The van der Waals surface area contributed by atoms with E-state index in [1.807, 2.05) is 7.05 Å². The highest BCUT2D eigenvalue weighted by Crippen LogP contribution is 2.29. The molecular formula is C15H21N3O4. The lowest BCUT2D eigenvalue weighted by molar-refractivity contribution is -0.385. The summed E-state index contributed by atoms with van der Waals surface area (Å²) >= 11 is 0. The standard InChI is InChI=1S/C15H21N3O4/c1-3-22-14-5-4-12(8-13(14)18(20)21)15(19)17-7-6-11(10-17)9-16-2/h4-5,8,11,16H,3,6-7,9-10H2,1-2H3. The first kappa shape index (κ1) is 16.2. The van der Waals surface area contributed by atoms with Crippen molar-refractivity contribution < 1.29 is 14.5 Å². The van der Waals surface area contributed by atoms with E-state index < -0.39 is 4.92 Å². The number of nitro benzene ring substituents is 1. The molecule has 7 heteroatoms. The third-order valence-electron chi connectivity index (χ3n) is 3.77. The number of carbonyl (C=O) groups excluding carboxylic acids is 1. The van der Waals surface area contributed by atoms with E-state index in [1.165, 1.54) is 12.1 Å². The van der Waals surface area contributed by atoms with Crippen molar-refractivity contribution in [3.8, 4) is 5.75 Å². The van der Waals surface area contributed by atoms with Gasteiger partial charge in [-0.15, -0.1) is 0 Å². The summed E-state index contributed by atoms with van der Waals surface area (Å²) in [4.78, 5) is 24.8. The van der Waals surface area contributed by atoms with Crippen LogP contribution < -0.4 is 10.1 Å². The van der Waals surface area contributed by atoms with Crippen molar-refractivity contribution in [1.82, 2.24) is 10.2 Å². The Morgan fingerprint density at radius 2 is 2.32 bits per heavy atom. The Bertz CT molecular complexity index is 562. The quantitative estimate of drug-likeness (QED) is 0.638. The topological polar surface area (TPSA) is 84.7 Å². The number of nitro groups is 1. The lowest BCUT2D eigenvalue weighted by atomic mass is 10.1. The molecule has 120 valence electrons. The molecule has 2 rings (SSSR count). The molecule has 0 aliphatic carbocycles. The Balaban J connectivity index is 2.16. The van der Waals surface area contributed by atoms with Gasteiger partial charge in [0.1, 0.15) is 0 Å². The molecule has 0 bridgehead atoms. The smallest absolute Gasteiger partial charge is 0.311 e. The molecule has 1 amide bonds. The zero-order valence-electron chi connectivity index (χ0n) is 12.9. The molecule has 1 saturated heterocycles. The summed E-state index contributed by atoms with van der Waals surface area (Å²) in [5.74, 6) is 0.468. The minimum atomic E-state index is -0.518. The zero-order chi connectivity index (χ0) is 16.1. The van der Waals surface area contributed by atoms with Gasteiger partial charge in [0.25, 0.3) is 5.91 Å². The number of hydrogen-bond acceptors (Lipinski definition) is 5. The summed E-state index contributed by atoms with van der Waals surface area (Å²) in [6.45, 7) is 4.33. The number of carbonyl (C=O) groups is 1. The highest BCUT2D eigenvalue weighted by atomic mass is 16.6. The van der Waals surface area contributed by atoms with Crippen LogP contribution in [-0.4, -0.2) is 49.0 Å². The van der Waals surface area contributed by atoms with E-state index in [1.54, 1.807) is 17.9 Å². The van der Waals surface area contributed by atoms with Crippen molar-refractivity contribution in [2.75, 3.05) is 33.3 Å². The predicted octanol–water partition coefficient (Wildman–Crippen LogP) is 1.67. The summed E-state index contributed by atoms with van der Waals surface area (Å²) < 4.78 is 5.23. The van der Waals surface area contributed by atoms with E-state index in [-0.39, 0.29) is 17.3 Å². The second-order valence-corrected chi connectivity index (χ2v) is 5.34. The van der Waals surface area contributed by atoms with Crippen LogP contribution in [0.25, 0.3) is 0 Å².